The van der Waals surface area contributed by atoms with Gasteiger partial charge in [-0.15, -0.1) is 0 Å². The van der Waals surface area contributed by atoms with Crippen LogP contribution in [-0.2, 0) is 9.53 Å². The van der Waals surface area contributed by atoms with Crippen molar-refractivity contribution in [3.05, 3.63) is 117 Å². The Morgan fingerprint density at radius 1 is 0.971 bits per heavy atom. The molecular formula is C24H17F3N4O3. The number of halogens is 3. The molecule has 172 valence electrons. The van der Waals surface area contributed by atoms with Crippen LogP contribution >= 0.6 is 0 Å². The average Bonchev–Trinajstić information content (AvgIpc) is 3.21. The van der Waals surface area contributed by atoms with Crippen molar-refractivity contribution in [3.8, 4) is 0 Å². The van der Waals surface area contributed by atoms with E-state index >= 15 is 0 Å². The standard InChI is InChI=1S/C24H17F3N4O3/c25-17-8-6-15(7-9-17)21(16-10-18(26)12-19(27)11-16)22(29-30-28)23(32)31-20(13-34-24(31)33)14-4-2-1-3-5-14/h1-12,20-22H,13H2/t20-,21+,22+/m1/s1. The van der Waals surface area contributed by atoms with Gasteiger partial charge in [-0.1, -0.05) is 47.6 Å². The highest BCUT2D eigenvalue weighted by Crippen LogP contribution is 2.36. The number of azide groups is 1. The van der Waals surface area contributed by atoms with E-state index in [2.05, 4.69) is 10.0 Å². The monoisotopic (exact) mass is 466 g/mol. The number of imide groups is 1. The van der Waals surface area contributed by atoms with E-state index in [1.807, 2.05) is 0 Å². The van der Waals surface area contributed by atoms with Gasteiger partial charge in [-0.2, -0.15) is 0 Å². The molecule has 0 unspecified atom stereocenters. The fourth-order valence-corrected chi connectivity index (χ4v) is 4.02. The molecule has 3 atom stereocenters. The number of hydrogen-bond acceptors (Lipinski definition) is 4. The molecule has 0 aliphatic carbocycles. The van der Waals surface area contributed by atoms with Crippen LogP contribution in [0.4, 0.5) is 18.0 Å². The molecule has 1 aliphatic heterocycles. The van der Waals surface area contributed by atoms with Crippen molar-refractivity contribution in [2.75, 3.05) is 6.61 Å². The van der Waals surface area contributed by atoms with Crippen molar-refractivity contribution in [3.63, 3.8) is 0 Å². The van der Waals surface area contributed by atoms with Crippen LogP contribution in [0, 0.1) is 17.5 Å². The summed E-state index contributed by atoms with van der Waals surface area (Å²) < 4.78 is 46.9. The normalized spacial score (nSPS) is 17.0. The van der Waals surface area contributed by atoms with Crippen LogP contribution in [0.15, 0.2) is 77.9 Å². The number of ether oxygens (including phenoxy) is 1. The first kappa shape index (κ1) is 22.9. The number of hydrogen-bond donors (Lipinski definition) is 0. The van der Waals surface area contributed by atoms with Gasteiger partial charge in [0.25, 0.3) is 0 Å². The van der Waals surface area contributed by atoms with Crippen LogP contribution in [0.2, 0.25) is 0 Å². The molecule has 10 heteroatoms. The molecule has 0 spiro atoms. The Morgan fingerprint density at radius 2 is 1.62 bits per heavy atom. The molecule has 0 radical (unpaired) electrons. The van der Waals surface area contributed by atoms with Crippen LogP contribution in [0.5, 0.6) is 0 Å². The van der Waals surface area contributed by atoms with Crippen molar-refractivity contribution in [2.45, 2.75) is 18.0 Å². The van der Waals surface area contributed by atoms with Crippen LogP contribution in [-0.4, -0.2) is 29.5 Å². The highest BCUT2D eigenvalue weighted by Gasteiger charge is 2.44. The van der Waals surface area contributed by atoms with Gasteiger partial charge in [-0.25, -0.2) is 22.9 Å². The molecule has 1 heterocycles. The van der Waals surface area contributed by atoms with Gasteiger partial charge in [0.15, 0.2) is 0 Å². The van der Waals surface area contributed by atoms with E-state index in [1.54, 1.807) is 30.3 Å². The van der Waals surface area contributed by atoms with Crippen molar-refractivity contribution >= 4 is 12.0 Å². The topological polar surface area (TPSA) is 95.4 Å². The largest absolute Gasteiger partial charge is 0.446 e. The number of rotatable bonds is 6. The quantitative estimate of drug-likeness (QED) is 0.267. The summed E-state index contributed by atoms with van der Waals surface area (Å²) in [5.41, 5.74) is 10.1. The van der Waals surface area contributed by atoms with Gasteiger partial charge in [0, 0.05) is 16.9 Å². The van der Waals surface area contributed by atoms with Gasteiger partial charge in [0.2, 0.25) is 5.91 Å². The van der Waals surface area contributed by atoms with Crippen LogP contribution in [0.3, 0.4) is 0 Å². The lowest BCUT2D eigenvalue weighted by molar-refractivity contribution is -0.130. The van der Waals surface area contributed by atoms with E-state index in [0.29, 0.717) is 11.6 Å². The first-order chi connectivity index (χ1) is 16.4. The Kier molecular flexibility index (Phi) is 6.51. The van der Waals surface area contributed by atoms with E-state index in [0.717, 1.165) is 29.2 Å². The summed E-state index contributed by atoms with van der Waals surface area (Å²) in [6, 6.07) is 13.7. The number of benzene rings is 3. The summed E-state index contributed by atoms with van der Waals surface area (Å²) in [5.74, 6) is -4.56. The Labute approximate surface area is 192 Å². The molecule has 1 aliphatic rings. The molecule has 34 heavy (non-hydrogen) atoms. The zero-order chi connectivity index (χ0) is 24.2. The van der Waals surface area contributed by atoms with Crippen LogP contribution < -0.4 is 0 Å². The molecule has 7 nitrogen and oxygen atoms in total. The predicted molar refractivity (Wildman–Crippen MR) is 115 cm³/mol. The molecule has 2 amide bonds. The molecular weight excluding hydrogens is 449 g/mol. The Hall–Kier alpha value is -4.30. The second-order valence-electron chi connectivity index (χ2n) is 7.59. The minimum atomic E-state index is -1.63. The van der Waals surface area contributed by atoms with E-state index in [1.165, 1.54) is 12.1 Å². The zero-order valence-corrected chi connectivity index (χ0v) is 17.5. The number of nitrogens with zero attached hydrogens (tertiary/aromatic N) is 4. The summed E-state index contributed by atoms with van der Waals surface area (Å²) >= 11 is 0. The fraction of sp³-hybridized carbons (Fsp3) is 0.167. The van der Waals surface area contributed by atoms with E-state index < -0.39 is 47.5 Å². The first-order valence-corrected chi connectivity index (χ1v) is 10.2. The number of cyclic esters (lactones) is 1. The van der Waals surface area contributed by atoms with Crippen LogP contribution in [0.25, 0.3) is 10.4 Å². The van der Waals surface area contributed by atoms with Crippen molar-refractivity contribution < 1.29 is 27.5 Å². The highest BCUT2D eigenvalue weighted by molar-refractivity contribution is 5.97. The minimum absolute atomic E-state index is 0.0290. The molecule has 4 rings (SSSR count). The Bertz CT molecular complexity index is 1240. The summed E-state index contributed by atoms with van der Waals surface area (Å²) in [7, 11) is 0. The lowest BCUT2D eigenvalue weighted by atomic mass is 9.84. The Balaban J connectivity index is 1.83. The van der Waals surface area contributed by atoms with E-state index in [-0.39, 0.29) is 17.7 Å². The predicted octanol–water partition coefficient (Wildman–Crippen LogP) is 5.63. The summed E-state index contributed by atoms with van der Waals surface area (Å²) in [5, 5.41) is 3.61. The van der Waals surface area contributed by atoms with Gasteiger partial charge >= 0.3 is 6.09 Å². The van der Waals surface area contributed by atoms with E-state index in [9.17, 15) is 28.3 Å². The lowest BCUT2D eigenvalue weighted by Gasteiger charge is -2.28. The molecule has 1 saturated heterocycles. The maximum Gasteiger partial charge on any atom is 0.417 e. The zero-order valence-electron chi connectivity index (χ0n) is 17.5. The maximum absolute atomic E-state index is 14.1. The third-order valence-electron chi connectivity index (χ3n) is 5.51. The van der Waals surface area contributed by atoms with E-state index in [4.69, 9.17) is 4.74 Å². The third kappa shape index (κ3) is 4.57. The molecule has 0 aromatic heterocycles. The average molecular weight is 466 g/mol. The number of carbonyl (C=O) groups is 2. The van der Waals surface area contributed by atoms with Gasteiger partial charge in [-0.3, -0.25) is 4.79 Å². The van der Waals surface area contributed by atoms with Crippen molar-refractivity contribution in [1.29, 1.82) is 0 Å². The lowest BCUT2D eigenvalue weighted by Crippen LogP contribution is -2.43. The summed E-state index contributed by atoms with van der Waals surface area (Å²) in [6.07, 6.45) is -0.944. The molecule has 0 saturated carbocycles. The smallest absolute Gasteiger partial charge is 0.417 e. The van der Waals surface area contributed by atoms with Gasteiger partial charge in [0.05, 0.1) is 0 Å². The summed E-state index contributed by atoms with van der Waals surface area (Å²) in [6.45, 7) is -0.118. The molecule has 3 aromatic carbocycles. The molecule has 1 fully saturated rings. The number of carbonyl (C=O) groups excluding carboxylic acids is 2. The SMILES string of the molecule is [N-]=[N+]=N[C@H](C(=O)N1C(=O)OC[C@@H]1c1ccccc1)[C@@H](c1ccc(F)cc1)c1cc(F)cc(F)c1. The Morgan fingerprint density at radius 3 is 2.24 bits per heavy atom. The van der Waals surface area contributed by atoms with Gasteiger partial charge in [-0.05, 0) is 46.5 Å². The second-order valence-corrected chi connectivity index (χ2v) is 7.59. The minimum Gasteiger partial charge on any atom is -0.446 e. The second kappa shape index (κ2) is 9.68. The molecule has 0 bridgehead atoms. The number of amides is 2. The highest BCUT2D eigenvalue weighted by atomic mass is 19.1. The maximum atomic E-state index is 14.1. The first-order valence-electron chi connectivity index (χ1n) is 10.2. The van der Waals surface area contributed by atoms with Gasteiger partial charge < -0.3 is 4.74 Å². The van der Waals surface area contributed by atoms with Crippen LogP contribution in [0.1, 0.15) is 28.7 Å². The molecule has 0 N–H and O–H groups in total. The van der Waals surface area contributed by atoms with Crippen molar-refractivity contribution in [1.82, 2.24) is 4.90 Å². The third-order valence-corrected chi connectivity index (χ3v) is 5.51. The molecule has 3 aromatic rings. The van der Waals surface area contributed by atoms with Crippen molar-refractivity contribution in [2.24, 2.45) is 5.11 Å². The van der Waals surface area contributed by atoms with Gasteiger partial charge in [0.1, 0.15) is 36.1 Å². The summed E-state index contributed by atoms with van der Waals surface area (Å²) in [4.78, 5) is 29.8. The fourth-order valence-electron chi connectivity index (χ4n) is 4.02.